The lowest BCUT2D eigenvalue weighted by molar-refractivity contribution is -0.121. The zero-order valence-corrected chi connectivity index (χ0v) is 9.97. The van der Waals surface area contributed by atoms with Gasteiger partial charge in [-0.05, 0) is 42.6 Å². The largest absolute Gasteiger partial charge is 0.295 e. The maximum atomic E-state index is 11.9. The summed E-state index contributed by atoms with van der Waals surface area (Å²) >= 11 is 0. The summed E-state index contributed by atoms with van der Waals surface area (Å²) < 4.78 is 0. The molecule has 0 radical (unpaired) electrons. The monoisotopic (exact) mass is 204 g/mol. The van der Waals surface area contributed by atoms with Crippen molar-refractivity contribution in [2.75, 3.05) is 0 Å². The van der Waals surface area contributed by atoms with Crippen molar-refractivity contribution in [3.63, 3.8) is 0 Å². The molecule has 0 heterocycles. The highest BCUT2D eigenvalue weighted by atomic mass is 16.1. The van der Waals surface area contributed by atoms with Gasteiger partial charge < -0.3 is 0 Å². The molecular formula is C14H20O. The van der Waals surface area contributed by atoms with Crippen LogP contribution in [0.1, 0.15) is 46.5 Å². The second kappa shape index (κ2) is 2.39. The third kappa shape index (κ3) is 0.811. The van der Waals surface area contributed by atoms with E-state index in [0.717, 1.165) is 6.42 Å². The highest BCUT2D eigenvalue weighted by Gasteiger charge is 2.69. The fraction of sp³-hybridized carbons (Fsp3) is 0.786. The van der Waals surface area contributed by atoms with Crippen LogP contribution in [0.15, 0.2) is 12.2 Å². The summed E-state index contributed by atoms with van der Waals surface area (Å²) in [4.78, 5) is 11.9. The Labute approximate surface area is 91.9 Å². The van der Waals surface area contributed by atoms with E-state index in [1.54, 1.807) is 0 Å². The molecule has 0 unspecified atom stereocenters. The minimum absolute atomic E-state index is 0.192. The van der Waals surface area contributed by atoms with Gasteiger partial charge in [-0.2, -0.15) is 0 Å². The molecule has 0 bridgehead atoms. The lowest BCUT2D eigenvalue weighted by Crippen LogP contribution is -2.42. The second-order valence-corrected chi connectivity index (χ2v) is 6.64. The van der Waals surface area contributed by atoms with Crippen molar-refractivity contribution in [1.82, 2.24) is 0 Å². The maximum absolute atomic E-state index is 11.9. The molecule has 3 aliphatic carbocycles. The molecule has 3 aliphatic rings. The van der Waals surface area contributed by atoms with Crippen LogP contribution in [0.4, 0.5) is 0 Å². The van der Waals surface area contributed by atoms with Gasteiger partial charge in [-0.15, -0.1) is 0 Å². The van der Waals surface area contributed by atoms with E-state index in [0.29, 0.717) is 22.5 Å². The Morgan fingerprint density at radius 2 is 1.93 bits per heavy atom. The van der Waals surface area contributed by atoms with E-state index in [1.165, 1.54) is 19.3 Å². The molecule has 1 spiro atoms. The molecule has 3 atom stereocenters. The minimum Gasteiger partial charge on any atom is -0.295 e. The first-order valence-corrected chi connectivity index (χ1v) is 6.16. The number of hydrogen-bond donors (Lipinski definition) is 0. The number of carbonyl (C=O) groups excluding carboxylic acids is 1. The van der Waals surface area contributed by atoms with E-state index >= 15 is 0 Å². The molecule has 0 amide bonds. The SMILES string of the molecule is CC1(C)CC[C@@]2(C)CC[C@@H]3C(=O)C=C[C@]312. The zero-order chi connectivity index (χ0) is 10.9. The lowest BCUT2D eigenvalue weighted by Gasteiger charge is -2.45. The first kappa shape index (κ1) is 9.62. The number of allylic oxidation sites excluding steroid dienone is 2. The smallest absolute Gasteiger partial charge is 0.159 e. The van der Waals surface area contributed by atoms with Gasteiger partial charge in [0.25, 0.3) is 0 Å². The van der Waals surface area contributed by atoms with Gasteiger partial charge in [-0.25, -0.2) is 0 Å². The number of carbonyl (C=O) groups is 1. The fourth-order valence-electron chi connectivity index (χ4n) is 4.97. The van der Waals surface area contributed by atoms with Crippen LogP contribution in [-0.2, 0) is 4.79 Å². The molecule has 0 N–H and O–H groups in total. The van der Waals surface area contributed by atoms with Crippen LogP contribution in [0.3, 0.4) is 0 Å². The third-order valence-corrected chi connectivity index (χ3v) is 5.81. The fourth-order valence-corrected chi connectivity index (χ4v) is 4.97. The summed E-state index contributed by atoms with van der Waals surface area (Å²) in [6, 6.07) is 0. The van der Waals surface area contributed by atoms with Gasteiger partial charge in [-0.3, -0.25) is 4.79 Å². The molecule has 0 aromatic rings. The van der Waals surface area contributed by atoms with Crippen LogP contribution in [0, 0.1) is 22.2 Å². The van der Waals surface area contributed by atoms with Gasteiger partial charge in [0.05, 0.1) is 0 Å². The standard InChI is InChI=1S/C14H20O/c1-12(2)8-9-13(3)6-4-10-11(15)5-7-14(10,12)13/h5,7,10H,4,6,8-9H2,1-3H3/t10-,13-,14+/m1/s1. The van der Waals surface area contributed by atoms with Crippen molar-refractivity contribution in [2.45, 2.75) is 46.5 Å². The molecular weight excluding hydrogens is 184 g/mol. The Bertz CT molecular complexity index is 366. The van der Waals surface area contributed by atoms with E-state index in [-0.39, 0.29) is 5.41 Å². The average Bonchev–Trinajstić information content (AvgIpc) is 2.70. The summed E-state index contributed by atoms with van der Waals surface area (Å²) in [5, 5.41) is 0. The predicted molar refractivity (Wildman–Crippen MR) is 60.4 cm³/mol. The Morgan fingerprint density at radius 1 is 1.20 bits per heavy atom. The van der Waals surface area contributed by atoms with Crippen molar-refractivity contribution >= 4 is 5.78 Å². The van der Waals surface area contributed by atoms with Crippen LogP contribution in [0.5, 0.6) is 0 Å². The topological polar surface area (TPSA) is 17.1 Å². The first-order valence-electron chi connectivity index (χ1n) is 6.16. The molecule has 2 saturated carbocycles. The number of rotatable bonds is 0. The predicted octanol–water partition coefficient (Wildman–Crippen LogP) is 3.35. The summed E-state index contributed by atoms with van der Waals surface area (Å²) in [6.07, 6.45) is 9.09. The molecule has 15 heavy (non-hydrogen) atoms. The normalized spacial score (nSPS) is 50.9. The maximum Gasteiger partial charge on any atom is 0.159 e. The van der Waals surface area contributed by atoms with Crippen LogP contribution >= 0.6 is 0 Å². The Hall–Kier alpha value is -0.590. The van der Waals surface area contributed by atoms with Crippen molar-refractivity contribution < 1.29 is 4.79 Å². The number of ketones is 1. The van der Waals surface area contributed by atoms with Gasteiger partial charge in [0.15, 0.2) is 5.78 Å². The molecule has 0 aromatic heterocycles. The van der Waals surface area contributed by atoms with Crippen LogP contribution in [-0.4, -0.2) is 5.78 Å². The van der Waals surface area contributed by atoms with E-state index in [9.17, 15) is 4.79 Å². The van der Waals surface area contributed by atoms with Crippen LogP contribution in [0.25, 0.3) is 0 Å². The van der Waals surface area contributed by atoms with Gasteiger partial charge >= 0.3 is 0 Å². The Morgan fingerprint density at radius 3 is 2.67 bits per heavy atom. The molecule has 0 aliphatic heterocycles. The molecule has 0 aromatic carbocycles. The minimum atomic E-state index is 0.192. The van der Waals surface area contributed by atoms with E-state index in [2.05, 4.69) is 26.8 Å². The first-order chi connectivity index (χ1) is 6.93. The van der Waals surface area contributed by atoms with Crippen LogP contribution < -0.4 is 0 Å². The van der Waals surface area contributed by atoms with Crippen molar-refractivity contribution in [1.29, 1.82) is 0 Å². The van der Waals surface area contributed by atoms with E-state index in [1.807, 2.05) is 6.08 Å². The lowest BCUT2D eigenvalue weighted by atomic mass is 9.57. The third-order valence-electron chi connectivity index (χ3n) is 5.81. The van der Waals surface area contributed by atoms with Gasteiger partial charge in [0, 0.05) is 11.3 Å². The van der Waals surface area contributed by atoms with E-state index < -0.39 is 0 Å². The molecule has 1 heteroatoms. The summed E-state index contributed by atoms with van der Waals surface area (Å²) in [5.41, 5.74) is 0.895. The highest BCUT2D eigenvalue weighted by molar-refractivity contribution is 5.96. The number of hydrogen-bond acceptors (Lipinski definition) is 1. The van der Waals surface area contributed by atoms with E-state index in [4.69, 9.17) is 0 Å². The molecule has 3 rings (SSSR count). The molecule has 0 saturated heterocycles. The Kier molecular flexibility index (Phi) is 1.53. The summed E-state index contributed by atoms with van der Waals surface area (Å²) in [7, 11) is 0. The molecule has 2 fully saturated rings. The van der Waals surface area contributed by atoms with Gasteiger partial charge in [0.1, 0.15) is 0 Å². The average molecular weight is 204 g/mol. The van der Waals surface area contributed by atoms with Crippen molar-refractivity contribution in [2.24, 2.45) is 22.2 Å². The zero-order valence-electron chi connectivity index (χ0n) is 9.97. The van der Waals surface area contributed by atoms with Crippen LogP contribution in [0.2, 0.25) is 0 Å². The summed E-state index contributed by atoms with van der Waals surface area (Å²) in [6.45, 7) is 7.13. The Balaban J connectivity index is 2.21. The van der Waals surface area contributed by atoms with Crippen molar-refractivity contribution in [3.8, 4) is 0 Å². The quantitative estimate of drug-likeness (QED) is 0.591. The molecule has 1 nitrogen and oxygen atoms in total. The molecule has 82 valence electrons. The van der Waals surface area contributed by atoms with Crippen molar-refractivity contribution in [3.05, 3.63) is 12.2 Å². The summed E-state index contributed by atoms with van der Waals surface area (Å²) in [5.74, 6) is 0.702. The van der Waals surface area contributed by atoms with Gasteiger partial charge in [0.2, 0.25) is 0 Å². The van der Waals surface area contributed by atoms with Gasteiger partial charge in [-0.1, -0.05) is 26.8 Å². The second-order valence-electron chi connectivity index (χ2n) is 6.64. The highest BCUT2D eigenvalue weighted by Crippen LogP contribution is 2.74.